The van der Waals surface area contributed by atoms with Crippen molar-refractivity contribution in [1.29, 1.82) is 0 Å². The van der Waals surface area contributed by atoms with E-state index in [0.29, 0.717) is 16.1 Å². The van der Waals surface area contributed by atoms with E-state index in [0.717, 1.165) is 4.47 Å². The van der Waals surface area contributed by atoms with E-state index in [1.807, 2.05) is 0 Å². The van der Waals surface area contributed by atoms with Crippen LogP contribution in [0.25, 0.3) is 5.76 Å². The summed E-state index contributed by atoms with van der Waals surface area (Å²) in [6, 6.07) is 10.5. The first kappa shape index (κ1) is 22.8. The molecule has 0 spiro atoms. The minimum absolute atomic E-state index is 0.0614. The van der Waals surface area contributed by atoms with Gasteiger partial charge in [0.15, 0.2) is 0 Å². The molecule has 2 aromatic carbocycles. The topological polar surface area (TPSA) is 87.1 Å². The van der Waals surface area contributed by atoms with Crippen LogP contribution in [0.15, 0.2) is 52.5 Å². The number of amides is 1. The third-order valence-electron chi connectivity index (χ3n) is 4.63. The molecule has 3 rings (SSSR count). The molecule has 1 saturated heterocycles. The molecule has 1 unspecified atom stereocenters. The fraction of sp³-hybridized carbons (Fsp3) is 0.238. The van der Waals surface area contributed by atoms with Crippen LogP contribution in [0.2, 0.25) is 10.0 Å². The van der Waals surface area contributed by atoms with E-state index in [-0.39, 0.29) is 42.7 Å². The molecule has 9 heteroatoms. The van der Waals surface area contributed by atoms with E-state index in [1.54, 1.807) is 36.4 Å². The molecule has 30 heavy (non-hydrogen) atoms. The summed E-state index contributed by atoms with van der Waals surface area (Å²) in [5.41, 5.74) is 0.789. The van der Waals surface area contributed by atoms with Gasteiger partial charge < -0.3 is 19.8 Å². The number of hydrogen-bond acceptors (Lipinski definition) is 5. The van der Waals surface area contributed by atoms with Crippen LogP contribution in [-0.4, -0.2) is 53.2 Å². The lowest BCUT2D eigenvalue weighted by Crippen LogP contribution is -2.33. The van der Waals surface area contributed by atoms with Gasteiger partial charge in [-0.1, -0.05) is 57.3 Å². The van der Waals surface area contributed by atoms with Gasteiger partial charge in [-0.2, -0.15) is 0 Å². The second kappa shape index (κ2) is 9.94. The third kappa shape index (κ3) is 4.71. The monoisotopic (exact) mass is 513 g/mol. The molecule has 0 aromatic heterocycles. The first-order chi connectivity index (χ1) is 14.3. The fourth-order valence-electron chi connectivity index (χ4n) is 3.25. The lowest BCUT2D eigenvalue weighted by Gasteiger charge is -2.26. The van der Waals surface area contributed by atoms with Crippen LogP contribution in [0.4, 0.5) is 0 Å². The minimum atomic E-state index is -0.906. The van der Waals surface area contributed by atoms with Crippen molar-refractivity contribution in [2.75, 3.05) is 26.4 Å². The van der Waals surface area contributed by atoms with E-state index < -0.39 is 17.7 Å². The molecular formula is C21H18BrCl2NO5. The quantitative estimate of drug-likeness (QED) is 0.250. The molecule has 1 aliphatic rings. The number of benzene rings is 2. The van der Waals surface area contributed by atoms with Gasteiger partial charge >= 0.3 is 0 Å². The van der Waals surface area contributed by atoms with Crippen molar-refractivity contribution < 1.29 is 24.5 Å². The predicted octanol–water partition coefficient (Wildman–Crippen LogP) is 4.19. The first-order valence-electron chi connectivity index (χ1n) is 9.03. The SMILES string of the molecule is O=C1C(=O)N(CCOCCO)C(c2ccc(Cl)cc2Cl)/C1=C(\O)c1ccc(Br)cc1. The van der Waals surface area contributed by atoms with E-state index in [9.17, 15) is 14.7 Å². The normalized spacial score (nSPS) is 18.3. The Morgan fingerprint density at radius 2 is 1.80 bits per heavy atom. The summed E-state index contributed by atoms with van der Waals surface area (Å²) in [5, 5.41) is 20.5. The Bertz CT molecular complexity index is 993. The number of ketones is 1. The number of hydrogen-bond donors (Lipinski definition) is 2. The molecule has 1 atom stereocenters. The van der Waals surface area contributed by atoms with Crippen LogP contribution < -0.4 is 0 Å². The van der Waals surface area contributed by atoms with E-state index in [2.05, 4.69) is 15.9 Å². The van der Waals surface area contributed by atoms with Crippen molar-refractivity contribution in [3.05, 3.63) is 73.7 Å². The maximum atomic E-state index is 12.9. The number of carbonyl (C=O) groups excluding carboxylic acids is 2. The number of Topliss-reactive ketones (excluding diaryl/α,β-unsaturated/α-hetero) is 1. The van der Waals surface area contributed by atoms with Crippen molar-refractivity contribution in [1.82, 2.24) is 4.90 Å². The molecule has 0 bridgehead atoms. The van der Waals surface area contributed by atoms with Crippen LogP contribution in [0.5, 0.6) is 0 Å². The Hall–Kier alpha value is -1.90. The van der Waals surface area contributed by atoms with Crippen LogP contribution in [-0.2, 0) is 14.3 Å². The van der Waals surface area contributed by atoms with Gasteiger partial charge in [0, 0.05) is 26.6 Å². The zero-order valence-corrected chi connectivity index (χ0v) is 18.7. The Labute approximate surface area is 191 Å². The molecule has 158 valence electrons. The Morgan fingerprint density at radius 3 is 2.43 bits per heavy atom. The molecule has 1 aliphatic heterocycles. The van der Waals surface area contributed by atoms with Crippen molar-refractivity contribution >= 4 is 56.6 Å². The Kier molecular flexibility index (Phi) is 7.55. The summed E-state index contributed by atoms with van der Waals surface area (Å²) < 4.78 is 6.07. The first-order valence-corrected chi connectivity index (χ1v) is 10.6. The summed E-state index contributed by atoms with van der Waals surface area (Å²) in [7, 11) is 0. The standard InChI is InChI=1S/C21H18BrCl2NO5/c22-13-3-1-12(2-4-13)19(27)17-18(15-6-5-14(23)11-16(15)24)25(21(29)20(17)28)7-9-30-10-8-26/h1-6,11,18,26-27H,7-10H2/b19-17+. The molecule has 0 saturated carbocycles. The number of nitrogens with zero attached hydrogens (tertiary/aromatic N) is 1. The number of halogens is 3. The lowest BCUT2D eigenvalue weighted by atomic mass is 9.95. The Balaban J connectivity index is 2.10. The number of likely N-dealkylation sites (tertiary alicyclic amines) is 1. The highest BCUT2D eigenvalue weighted by atomic mass is 79.9. The summed E-state index contributed by atoms with van der Waals surface area (Å²) in [4.78, 5) is 27.0. The summed E-state index contributed by atoms with van der Waals surface area (Å²) in [6.07, 6.45) is 0. The maximum Gasteiger partial charge on any atom is 0.295 e. The fourth-order valence-corrected chi connectivity index (χ4v) is 4.03. The average Bonchev–Trinajstić information content (AvgIpc) is 2.96. The van der Waals surface area contributed by atoms with Gasteiger partial charge in [-0.25, -0.2) is 0 Å². The minimum Gasteiger partial charge on any atom is -0.507 e. The van der Waals surface area contributed by atoms with Gasteiger partial charge in [0.2, 0.25) is 0 Å². The third-order valence-corrected chi connectivity index (χ3v) is 5.72. The summed E-state index contributed by atoms with van der Waals surface area (Å²) >= 11 is 15.7. The number of ether oxygens (including phenoxy) is 1. The molecule has 6 nitrogen and oxygen atoms in total. The van der Waals surface area contributed by atoms with Crippen LogP contribution in [0.1, 0.15) is 17.2 Å². The van der Waals surface area contributed by atoms with Gasteiger partial charge in [0.05, 0.1) is 31.4 Å². The van der Waals surface area contributed by atoms with E-state index in [4.69, 9.17) is 33.0 Å². The van der Waals surface area contributed by atoms with Crippen LogP contribution >= 0.6 is 39.1 Å². The second-order valence-electron chi connectivity index (χ2n) is 6.50. The van der Waals surface area contributed by atoms with Crippen LogP contribution in [0.3, 0.4) is 0 Å². The van der Waals surface area contributed by atoms with Gasteiger partial charge in [0.1, 0.15) is 5.76 Å². The van der Waals surface area contributed by atoms with Crippen molar-refractivity contribution in [2.45, 2.75) is 6.04 Å². The van der Waals surface area contributed by atoms with Crippen LogP contribution in [0, 0.1) is 0 Å². The zero-order chi connectivity index (χ0) is 21.8. The molecule has 0 aliphatic carbocycles. The maximum absolute atomic E-state index is 12.9. The molecule has 1 fully saturated rings. The molecule has 1 amide bonds. The highest BCUT2D eigenvalue weighted by Crippen LogP contribution is 2.42. The molecule has 2 aromatic rings. The Morgan fingerprint density at radius 1 is 1.10 bits per heavy atom. The number of carbonyl (C=O) groups is 2. The van der Waals surface area contributed by atoms with Crippen molar-refractivity contribution in [2.24, 2.45) is 0 Å². The van der Waals surface area contributed by atoms with Gasteiger partial charge in [-0.3, -0.25) is 9.59 Å². The number of aliphatic hydroxyl groups excluding tert-OH is 2. The smallest absolute Gasteiger partial charge is 0.295 e. The molecule has 2 N–H and O–H groups in total. The summed E-state index contributed by atoms with van der Waals surface area (Å²) in [6.45, 7) is 0.128. The highest BCUT2D eigenvalue weighted by Gasteiger charge is 2.46. The largest absolute Gasteiger partial charge is 0.507 e. The number of aliphatic hydroxyl groups is 2. The lowest BCUT2D eigenvalue weighted by molar-refractivity contribution is -0.140. The van der Waals surface area contributed by atoms with Gasteiger partial charge in [-0.05, 0) is 29.8 Å². The van der Waals surface area contributed by atoms with Gasteiger partial charge in [-0.15, -0.1) is 0 Å². The zero-order valence-electron chi connectivity index (χ0n) is 15.6. The predicted molar refractivity (Wildman–Crippen MR) is 118 cm³/mol. The van der Waals surface area contributed by atoms with Gasteiger partial charge in [0.25, 0.3) is 11.7 Å². The van der Waals surface area contributed by atoms with Crippen molar-refractivity contribution in [3.63, 3.8) is 0 Å². The number of rotatable bonds is 7. The molecule has 0 radical (unpaired) electrons. The molecule has 1 heterocycles. The van der Waals surface area contributed by atoms with Crippen molar-refractivity contribution in [3.8, 4) is 0 Å². The summed E-state index contributed by atoms with van der Waals surface area (Å²) in [5.74, 6) is -1.87. The second-order valence-corrected chi connectivity index (χ2v) is 8.26. The van der Waals surface area contributed by atoms with E-state index >= 15 is 0 Å². The average molecular weight is 515 g/mol. The molecular weight excluding hydrogens is 497 g/mol. The van der Waals surface area contributed by atoms with E-state index in [1.165, 1.54) is 11.0 Å². The highest BCUT2D eigenvalue weighted by molar-refractivity contribution is 9.10.